The molecule has 5 heterocycles. The highest BCUT2D eigenvalue weighted by Gasteiger charge is 2.51. The Kier molecular flexibility index (Phi) is 7.39. The zero-order valence-electron chi connectivity index (χ0n) is 21.0. The summed E-state index contributed by atoms with van der Waals surface area (Å²) in [5.41, 5.74) is 7.39. The Morgan fingerprint density at radius 3 is 2.68 bits per heavy atom. The van der Waals surface area contributed by atoms with Crippen LogP contribution in [0.3, 0.4) is 0 Å². The minimum atomic E-state index is -1.31. The summed E-state index contributed by atoms with van der Waals surface area (Å²) in [5.74, 6) is -1.33. The van der Waals surface area contributed by atoms with Gasteiger partial charge in [0.05, 0.1) is 42.4 Å². The second kappa shape index (κ2) is 10.6. The Bertz CT molecular complexity index is 1010. The molecule has 5 rings (SSSR count). The number of nitrogens with one attached hydrogen (secondary N) is 2. The Morgan fingerprint density at radius 2 is 2.05 bits per heavy atom. The van der Waals surface area contributed by atoms with Gasteiger partial charge in [-0.05, 0) is 26.0 Å². The Hall–Kier alpha value is -2.74. The van der Waals surface area contributed by atoms with Crippen molar-refractivity contribution >= 4 is 23.2 Å². The number of likely N-dealkylation sites (tertiary alicyclic amines) is 1. The van der Waals surface area contributed by atoms with E-state index in [0.717, 1.165) is 44.8 Å². The first kappa shape index (κ1) is 25.9. The molecule has 4 aliphatic rings. The van der Waals surface area contributed by atoms with Crippen molar-refractivity contribution in [1.29, 1.82) is 0 Å². The summed E-state index contributed by atoms with van der Waals surface area (Å²) >= 11 is 0. The van der Waals surface area contributed by atoms with Gasteiger partial charge in [-0.3, -0.25) is 24.8 Å². The second-order valence-electron chi connectivity index (χ2n) is 10.8. The van der Waals surface area contributed by atoms with Gasteiger partial charge in [0.2, 0.25) is 11.8 Å². The quantitative estimate of drug-likeness (QED) is 0.423. The molecule has 4 fully saturated rings. The first-order valence-corrected chi connectivity index (χ1v) is 12.8. The van der Waals surface area contributed by atoms with Gasteiger partial charge in [0.15, 0.2) is 6.17 Å². The molecule has 1 aromatic heterocycles. The number of rotatable bonds is 7. The third-order valence-electron chi connectivity index (χ3n) is 8.06. The van der Waals surface area contributed by atoms with E-state index in [1.165, 1.54) is 0 Å². The maximum Gasteiger partial charge on any atom is 0.234 e. The number of ether oxygens (including phenoxy) is 1. The lowest BCUT2D eigenvalue weighted by Crippen LogP contribution is -2.68. The summed E-state index contributed by atoms with van der Waals surface area (Å²) < 4.78 is 19.1. The highest BCUT2D eigenvalue weighted by atomic mass is 19.1. The molecule has 2 amide bonds. The van der Waals surface area contributed by atoms with Crippen molar-refractivity contribution in [3.8, 4) is 0 Å². The number of piperidine rings is 1. The van der Waals surface area contributed by atoms with Crippen molar-refractivity contribution in [2.45, 2.75) is 31.3 Å². The van der Waals surface area contributed by atoms with Crippen LogP contribution in [0.15, 0.2) is 23.6 Å². The minimum absolute atomic E-state index is 0.0113. The van der Waals surface area contributed by atoms with Crippen LogP contribution in [0.1, 0.15) is 12.8 Å². The van der Waals surface area contributed by atoms with Crippen molar-refractivity contribution in [3.63, 3.8) is 0 Å². The fourth-order valence-electron chi connectivity index (χ4n) is 5.94. The van der Waals surface area contributed by atoms with E-state index >= 15 is 0 Å². The number of nitrogens with zero attached hydrogens (tertiary/aromatic N) is 5. The largest absolute Gasteiger partial charge is 0.380 e. The number of amides is 2. The average Bonchev–Trinajstić information content (AvgIpc) is 2.84. The number of carbonyl (C=O) groups excluding carboxylic acids is 2. The molecule has 0 saturated carbocycles. The topological polar surface area (TPSA) is 145 Å². The monoisotopic (exact) mass is 518 g/mol. The van der Waals surface area contributed by atoms with Crippen molar-refractivity contribution in [2.24, 2.45) is 28.2 Å². The van der Waals surface area contributed by atoms with Crippen molar-refractivity contribution < 1.29 is 18.7 Å². The maximum atomic E-state index is 13.8. The molecule has 0 aromatic carbocycles. The van der Waals surface area contributed by atoms with Crippen LogP contribution in [0.5, 0.6) is 0 Å². The van der Waals surface area contributed by atoms with Crippen LogP contribution in [0.2, 0.25) is 0 Å². The Morgan fingerprint density at radius 1 is 1.32 bits per heavy atom. The fourth-order valence-corrected chi connectivity index (χ4v) is 5.94. The lowest BCUT2D eigenvalue weighted by molar-refractivity contribution is -0.197. The summed E-state index contributed by atoms with van der Waals surface area (Å²) in [4.78, 5) is 47.5. The Balaban J connectivity index is 1.22. The molecule has 0 bridgehead atoms. The highest BCUT2D eigenvalue weighted by molar-refractivity contribution is 5.96. The van der Waals surface area contributed by atoms with E-state index in [0.29, 0.717) is 18.8 Å². The molecule has 4 atom stereocenters. The van der Waals surface area contributed by atoms with Crippen molar-refractivity contribution in [3.05, 3.63) is 23.4 Å². The number of nitroso groups, excluding NO2 is 1. The molecule has 37 heavy (non-hydrogen) atoms. The molecule has 202 valence electrons. The van der Waals surface area contributed by atoms with Gasteiger partial charge in [0.1, 0.15) is 12.1 Å². The number of nitrogens with two attached hydrogens (primary N) is 1. The predicted octanol–water partition coefficient (Wildman–Crippen LogP) is -0.0381. The lowest BCUT2D eigenvalue weighted by atomic mass is 9.77. The molecule has 4 aliphatic heterocycles. The van der Waals surface area contributed by atoms with Crippen LogP contribution >= 0.6 is 0 Å². The van der Waals surface area contributed by atoms with Crippen LogP contribution in [-0.2, 0) is 14.3 Å². The number of carbonyl (C=O) groups is 2. The molecule has 0 radical (unpaired) electrons. The predicted molar refractivity (Wildman–Crippen MR) is 134 cm³/mol. The van der Waals surface area contributed by atoms with E-state index < -0.39 is 30.3 Å². The SMILES string of the molecule is CN1CC(F)CNC1C(C(=O)Nc1cnccc1N1CCC(C(=O)N2CC3(COC3)C2)CC1)C(N)N=O. The van der Waals surface area contributed by atoms with E-state index in [4.69, 9.17) is 10.5 Å². The number of alkyl halides is 1. The lowest BCUT2D eigenvalue weighted by Gasteiger charge is -2.55. The van der Waals surface area contributed by atoms with Gasteiger partial charge in [-0.25, -0.2) is 4.39 Å². The molecule has 13 heteroatoms. The normalized spacial score (nSPS) is 27.6. The fraction of sp³-hybridized carbons (Fsp3) is 0.708. The van der Waals surface area contributed by atoms with E-state index in [9.17, 15) is 18.9 Å². The van der Waals surface area contributed by atoms with Gasteiger partial charge in [0.25, 0.3) is 0 Å². The minimum Gasteiger partial charge on any atom is -0.380 e. The van der Waals surface area contributed by atoms with Gasteiger partial charge in [-0.15, -0.1) is 4.91 Å². The molecule has 1 spiro atoms. The van der Waals surface area contributed by atoms with Gasteiger partial charge >= 0.3 is 0 Å². The van der Waals surface area contributed by atoms with E-state index in [1.807, 2.05) is 11.0 Å². The van der Waals surface area contributed by atoms with E-state index in [-0.39, 0.29) is 30.3 Å². The molecule has 4 unspecified atom stereocenters. The molecule has 4 N–H and O–H groups in total. The van der Waals surface area contributed by atoms with Crippen molar-refractivity contribution in [1.82, 2.24) is 20.1 Å². The molecule has 4 saturated heterocycles. The van der Waals surface area contributed by atoms with Crippen LogP contribution in [0, 0.1) is 22.2 Å². The van der Waals surface area contributed by atoms with Crippen LogP contribution < -0.4 is 21.3 Å². The number of aromatic nitrogens is 1. The van der Waals surface area contributed by atoms with Crippen molar-refractivity contribution in [2.75, 3.05) is 69.7 Å². The number of anilines is 2. The van der Waals surface area contributed by atoms with Crippen LogP contribution in [0.25, 0.3) is 0 Å². The summed E-state index contributed by atoms with van der Waals surface area (Å²) in [5, 5.41) is 8.74. The smallest absolute Gasteiger partial charge is 0.234 e. The third kappa shape index (κ3) is 5.17. The number of hydrogen-bond acceptors (Lipinski definition) is 10. The highest BCUT2D eigenvalue weighted by Crippen LogP contribution is 2.39. The van der Waals surface area contributed by atoms with E-state index in [1.54, 1.807) is 24.3 Å². The first-order chi connectivity index (χ1) is 17.8. The van der Waals surface area contributed by atoms with Gasteiger partial charge < -0.3 is 25.6 Å². The average molecular weight is 519 g/mol. The standard InChI is InChI=1S/C24H35FN8O4/c1-31-10-16(25)8-28-21(31)19(20(26)30-36)22(34)29-17-9-27-5-2-18(17)32-6-3-15(4-7-32)23(35)33-11-24(12-33)13-37-14-24/h2,5,9,15-16,19-21,28H,3-4,6-8,10-14,26H2,1H3,(H,29,34). The summed E-state index contributed by atoms with van der Waals surface area (Å²) in [6.07, 6.45) is 1.60. The summed E-state index contributed by atoms with van der Waals surface area (Å²) in [7, 11) is 1.67. The maximum absolute atomic E-state index is 13.8. The van der Waals surface area contributed by atoms with E-state index in [2.05, 4.69) is 25.7 Å². The number of halogens is 1. The Labute approximate surface area is 215 Å². The molecule has 0 aliphatic carbocycles. The zero-order chi connectivity index (χ0) is 26.2. The second-order valence-corrected chi connectivity index (χ2v) is 10.8. The number of hydrogen-bond donors (Lipinski definition) is 3. The zero-order valence-corrected chi connectivity index (χ0v) is 21.0. The summed E-state index contributed by atoms with van der Waals surface area (Å²) in [6, 6.07) is 1.82. The first-order valence-electron chi connectivity index (χ1n) is 12.8. The third-order valence-corrected chi connectivity index (χ3v) is 8.06. The molecular formula is C24H35FN8O4. The van der Waals surface area contributed by atoms with Crippen LogP contribution in [-0.4, -0.2) is 105 Å². The van der Waals surface area contributed by atoms with Gasteiger partial charge in [0, 0.05) is 51.4 Å². The molecule has 1 aromatic rings. The van der Waals surface area contributed by atoms with Gasteiger partial charge in [-0.1, -0.05) is 5.18 Å². The molecular weight excluding hydrogens is 483 g/mol. The van der Waals surface area contributed by atoms with Gasteiger partial charge in [-0.2, -0.15) is 0 Å². The molecule has 12 nitrogen and oxygen atoms in total. The summed E-state index contributed by atoms with van der Waals surface area (Å²) in [6.45, 7) is 4.59. The van der Waals surface area contributed by atoms with Crippen LogP contribution in [0.4, 0.5) is 15.8 Å². The number of pyridine rings is 1.